The van der Waals surface area contributed by atoms with E-state index in [1.807, 2.05) is 42.5 Å². The van der Waals surface area contributed by atoms with E-state index in [0.717, 1.165) is 21.2 Å². The first-order valence-corrected chi connectivity index (χ1v) is 10.0. The molecule has 31 heavy (non-hydrogen) atoms. The van der Waals surface area contributed by atoms with Gasteiger partial charge in [-0.2, -0.15) is 0 Å². The first kappa shape index (κ1) is 20.5. The summed E-state index contributed by atoms with van der Waals surface area (Å²) >= 11 is 0. The molecule has 0 saturated carbocycles. The molecule has 1 aliphatic rings. The Kier molecular flexibility index (Phi) is 5.42. The Balaban J connectivity index is 1.41. The van der Waals surface area contributed by atoms with Crippen LogP contribution in [0.15, 0.2) is 66.7 Å². The molecule has 0 aromatic heterocycles. The van der Waals surface area contributed by atoms with Gasteiger partial charge in [-0.25, -0.2) is 9.18 Å². The van der Waals surface area contributed by atoms with E-state index in [2.05, 4.69) is 10.6 Å². The van der Waals surface area contributed by atoms with Crippen molar-refractivity contribution in [1.82, 2.24) is 15.5 Å². The lowest BCUT2D eigenvalue weighted by molar-refractivity contribution is -0.134. The molecule has 4 rings (SSSR count). The van der Waals surface area contributed by atoms with Crippen LogP contribution < -0.4 is 10.6 Å². The first-order chi connectivity index (χ1) is 14.9. The summed E-state index contributed by atoms with van der Waals surface area (Å²) in [6, 6.07) is 18.8. The molecule has 1 fully saturated rings. The molecule has 0 aliphatic carbocycles. The number of hydrogen-bond donors (Lipinski definition) is 2. The molecule has 0 bridgehead atoms. The second-order valence-electron chi connectivity index (χ2n) is 7.73. The van der Waals surface area contributed by atoms with Crippen LogP contribution in [0.1, 0.15) is 18.1 Å². The molecule has 7 heteroatoms. The van der Waals surface area contributed by atoms with Crippen LogP contribution in [-0.2, 0) is 21.5 Å². The van der Waals surface area contributed by atoms with Gasteiger partial charge < -0.3 is 10.6 Å². The number of nitrogens with one attached hydrogen (secondary N) is 2. The number of hydrogen-bond acceptors (Lipinski definition) is 3. The van der Waals surface area contributed by atoms with E-state index in [1.54, 1.807) is 19.1 Å². The van der Waals surface area contributed by atoms with Gasteiger partial charge in [-0.3, -0.25) is 14.5 Å². The van der Waals surface area contributed by atoms with Crippen LogP contribution >= 0.6 is 0 Å². The Morgan fingerprint density at radius 2 is 1.74 bits per heavy atom. The van der Waals surface area contributed by atoms with Crippen molar-refractivity contribution in [3.05, 3.63) is 83.7 Å². The lowest BCUT2D eigenvalue weighted by Crippen LogP contribution is -2.43. The number of rotatable bonds is 6. The quantitative estimate of drug-likeness (QED) is 0.603. The largest absolute Gasteiger partial charge is 0.354 e. The van der Waals surface area contributed by atoms with Gasteiger partial charge >= 0.3 is 6.03 Å². The Hall–Kier alpha value is -3.74. The van der Waals surface area contributed by atoms with Gasteiger partial charge in [-0.05, 0) is 53.4 Å². The van der Waals surface area contributed by atoms with Crippen molar-refractivity contribution in [2.45, 2.75) is 18.9 Å². The van der Waals surface area contributed by atoms with Crippen LogP contribution in [0.25, 0.3) is 10.8 Å². The lowest BCUT2D eigenvalue weighted by atomic mass is 9.90. The Labute approximate surface area is 179 Å². The van der Waals surface area contributed by atoms with Gasteiger partial charge in [-0.1, -0.05) is 48.5 Å². The molecule has 1 heterocycles. The second-order valence-corrected chi connectivity index (χ2v) is 7.73. The molecule has 0 radical (unpaired) electrons. The average Bonchev–Trinajstić information content (AvgIpc) is 2.98. The molecular formula is C24H22FN3O3. The number of benzene rings is 3. The molecule has 2 N–H and O–H groups in total. The fourth-order valence-corrected chi connectivity index (χ4v) is 3.73. The van der Waals surface area contributed by atoms with Gasteiger partial charge in [0.05, 0.1) is 0 Å². The van der Waals surface area contributed by atoms with Gasteiger partial charge in [0.2, 0.25) is 5.91 Å². The van der Waals surface area contributed by atoms with Gasteiger partial charge in [-0.15, -0.1) is 0 Å². The normalized spacial score (nSPS) is 18.3. The highest BCUT2D eigenvalue weighted by molar-refractivity contribution is 6.09. The fraction of sp³-hybridized carbons (Fsp3) is 0.208. The van der Waals surface area contributed by atoms with E-state index in [-0.39, 0.29) is 12.4 Å². The molecule has 3 aromatic rings. The number of carbonyl (C=O) groups is 3. The van der Waals surface area contributed by atoms with E-state index in [4.69, 9.17) is 0 Å². The van der Waals surface area contributed by atoms with E-state index in [9.17, 15) is 18.8 Å². The summed E-state index contributed by atoms with van der Waals surface area (Å²) in [5.74, 6) is -1.23. The zero-order chi connectivity index (χ0) is 22.0. The topological polar surface area (TPSA) is 78.5 Å². The van der Waals surface area contributed by atoms with Crippen LogP contribution in [0.5, 0.6) is 0 Å². The molecule has 4 amide bonds. The maximum absolute atomic E-state index is 13.1. The van der Waals surface area contributed by atoms with Crippen LogP contribution in [0.2, 0.25) is 0 Å². The zero-order valence-corrected chi connectivity index (χ0v) is 17.0. The SMILES string of the molecule is CC1(c2ccc3ccccc3c2)NC(=O)N(CC(=O)NCCc2ccc(F)cc2)C1=O. The van der Waals surface area contributed by atoms with Crippen molar-refractivity contribution in [3.8, 4) is 0 Å². The van der Waals surface area contributed by atoms with E-state index < -0.39 is 23.4 Å². The minimum Gasteiger partial charge on any atom is -0.354 e. The highest BCUT2D eigenvalue weighted by Gasteiger charge is 2.49. The van der Waals surface area contributed by atoms with Gasteiger partial charge in [0.25, 0.3) is 5.91 Å². The van der Waals surface area contributed by atoms with E-state index in [0.29, 0.717) is 18.5 Å². The molecule has 1 unspecified atom stereocenters. The standard InChI is InChI=1S/C24H22FN3O3/c1-24(19-9-8-17-4-2-3-5-18(17)14-19)22(30)28(23(31)27-24)15-21(29)26-13-12-16-6-10-20(25)11-7-16/h2-11,14H,12-13,15H2,1H3,(H,26,29)(H,27,31). The molecule has 6 nitrogen and oxygen atoms in total. The van der Waals surface area contributed by atoms with Gasteiger partial charge in [0, 0.05) is 6.54 Å². The summed E-state index contributed by atoms with van der Waals surface area (Å²) in [6.45, 7) is 1.59. The Morgan fingerprint density at radius 1 is 1.03 bits per heavy atom. The van der Waals surface area contributed by atoms with Crippen molar-refractivity contribution < 1.29 is 18.8 Å². The summed E-state index contributed by atoms with van der Waals surface area (Å²) < 4.78 is 13.0. The Bertz CT molecular complexity index is 1160. The van der Waals surface area contributed by atoms with Crippen molar-refractivity contribution in [2.24, 2.45) is 0 Å². The van der Waals surface area contributed by atoms with Crippen molar-refractivity contribution in [2.75, 3.05) is 13.1 Å². The summed E-state index contributed by atoms with van der Waals surface area (Å²) in [5.41, 5.74) is 0.291. The number of nitrogens with zero attached hydrogens (tertiary/aromatic N) is 1. The second kappa shape index (κ2) is 8.18. The zero-order valence-electron chi connectivity index (χ0n) is 17.0. The molecule has 3 aromatic carbocycles. The summed E-state index contributed by atoms with van der Waals surface area (Å²) in [4.78, 5) is 38.8. The predicted octanol–water partition coefficient (Wildman–Crippen LogP) is 3.10. The predicted molar refractivity (Wildman–Crippen MR) is 115 cm³/mol. The molecule has 1 aliphatic heterocycles. The van der Waals surface area contributed by atoms with Crippen LogP contribution in [0.4, 0.5) is 9.18 Å². The maximum Gasteiger partial charge on any atom is 0.325 e. The van der Waals surface area contributed by atoms with Crippen molar-refractivity contribution in [3.63, 3.8) is 0 Å². The summed E-state index contributed by atoms with van der Waals surface area (Å²) in [5, 5.41) is 7.41. The van der Waals surface area contributed by atoms with E-state index in [1.165, 1.54) is 12.1 Å². The number of urea groups is 1. The third-order valence-corrected chi connectivity index (χ3v) is 5.55. The first-order valence-electron chi connectivity index (χ1n) is 10.0. The smallest absolute Gasteiger partial charge is 0.325 e. The molecule has 158 valence electrons. The third-order valence-electron chi connectivity index (χ3n) is 5.55. The maximum atomic E-state index is 13.1. The number of amides is 4. The number of halogens is 1. The number of carbonyl (C=O) groups excluding carboxylic acids is 3. The van der Waals surface area contributed by atoms with E-state index >= 15 is 0 Å². The summed E-state index contributed by atoms with van der Waals surface area (Å²) in [7, 11) is 0. The van der Waals surface area contributed by atoms with Crippen LogP contribution in [-0.4, -0.2) is 35.8 Å². The van der Waals surface area contributed by atoms with Crippen molar-refractivity contribution >= 4 is 28.6 Å². The Morgan fingerprint density at radius 3 is 2.48 bits per heavy atom. The molecule has 1 saturated heterocycles. The third kappa shape index (κ3) is 4.12. The average molecular weight is 419 g/mol. The number of imide groups is 1. The lowest BCUT2D eigenvalue weighted by Gasteiger charge is -2.22. The van der Waals surface area contributed by atoms with Crippen LogP contribution in [0, 0.1) is 5.82 Å². The summed E-state index contributed by atoms with van der Waals surface area (Å²) in [6.07, 6.45) is 0.515. The van der Waals surface area contributed by atoms with Crippen molar-refractivity contribution in [1.29, 1.82) is 0 Å². The fourth-order valence-electron chi connectivity index (χ4n) is 3.73. The number of fused-ring (bicyclic) bond motifs is 1. The minimum absolute atomic E-state index is 0.316. The van der Waals surface area contributed by atoms with Gasteiger partial charge in [0.15, 0.2) is 0 Å². The minimum atomic E-state index is -1.24. The molecule has 0 spiro atoms. The molecule has 1 atom stereocenters. The highest BCUT2D eigenvalue weighted by Crippen LogP contribution is 2.30. The monoisotopic (exact) mass is 419 g/mol. The molecular weight excluding hydrogens is 397 g/mol. The highest BCUT2D eigenvalue weighted by atomic mass is 19.1. The van der Waals surface area contributed by atoms with Gasteiger partial charge in [0.1, 0.15) is 17.9 Å². The van der Waals surface area contributed by atoms with Crippen LogP contribution in [0.3, 0.4) is 0 Å².